The van der Waals surface area contributed by atoms with Gasteiger partial charge >= 0.3 is 12.0 Å². The average molecular weight is 369 g/mol. The highest BCUT2D eigenvalue weighted by Crippen LogP contribution is 2.22. The van der Waals surface area contributed by atoms with Crippen molar-refractivity contribution in [1.82, 2.24) is 5.32 Å². The number of thiophene rings is 1. The van der Waals surface area contributed by atoms with Crippen molar-refractivity contribution in [2.75, 3.05) is 11.9 Å². The predicted octanol–water partition coefficient (Wildman–Crippen LogP) is 3.55. The van der Waals surface area contributed by atoms with Crippen LogP contribution in [0.25, 0.3) is 0 Å². The predicted molar refractivity (Wildman–Crippen MR) is 86.1 cm³/mol. The molecule has 0 saturated heterocycles. The second kappa shape index (κ2) is 6.73. The minimum absolute atomic E-state index is 0.0917. The number of carboxylic acid groups (broad SMARTS) is 1. The van der Waals surface area contributed by atoms with Crippen LogP contribution in [0, 0.1) is 0 Å². The number of rotatable bonds is 4. The Kier molecular flexibility index (Phi) is 4.98. The Morgan fingerprint density at radius 1 is 1.29 bits per heavy atom. The topological polar surface area (TPSA) is 69.6 Å². The minimum atomic E-state index is -1.06. The molecule has 0 aliphatic heterocycles. The van der Waals surface area contributed by atoms with Gasteiger partial charge in [-0.05, 0) is 40.2 Å². The lowest BCUT2D eigenvalue weighted by atomic mass is 10.1. The van der Waals surface area contributed by atoms with Crippen molar-refractivity contribution in [2.45, 2.75) is 6.54 Å². The molecule has 1 heterocycles. The molecular formula is C14H13BrN2O3S. The van der Waals surface area contributed by atoms with E-state index in [9.17, 15) is 9.59 Å². The maximum atomic E-state index is 12.1. The van der Waals surface area contributed by atoms with Crippen molar-refractivity contribution in [3.05, 3.63) is 50.6 Å². The molecule has 5 nitrogen and oxygen atoms in total. The third-order valence-electron chi connectivity index (χ3n) is 2.84. The fraction of sp³-hybridized carbons (Fsp3) is 0.143. The van der Waals surface area contributed by atoms with Gasteiger partial charge in [-0.2, -0.15) is 0 Å². The zero-order chi connectivity index (χ0) is 15.4. The Balaban J connectivity index is 2.07. The summed E-state index contributed by atoms with van der Waals surface area (Å²) in [4.78, 5) is 25.6. The zero-order valence-corrected chi connectivity index (χ0v) is 13.6. The number of amides is 2. The second-order valence-electron chi connectivity index (χ2n) is 4.25. The number of nitrogens with one attached hydrogen (secondary N) is 1. The summed E-state index contributed by atoms with van der Waals surface area (Å²) in [6, 6.07) is 9.87. The Morgan fingerprint density at radius 2 is 2.00 bits per heavy atom. The van der Waals surface area contributed by atoms with Gasteiger partial charge in [0.25, 0.3) is 0 Å². The van der Waals surface area contributed by atoms with E-state index in [1.165, 1.54) is 22.3 Å². The van der Waals surface area contributed by atoms with E-state index in [0.717, 1.165) is 8.66 Å². The van der Waals surface area contributed by atoms with Gasteiger partial charge in [0.2, 0.25) is 0 Å². The summed E-state index contributed by atoms with van der Waals surface area (Å²) in [6.45, 7) is 0.397. The van der Waals surface area contributed by atoms with Crippen molar-refractivity contribution < 1.29 is 14.7 Å². The summed E-state index contributed by atoms with van der Waals surface area (Å²) in [7, 11) is 1.54. The van der Waals surface area contributed by atoms with Gasteiger partial charge in [0.05, 0.1) is 21.6 Å². The number of halogens is 1. The molecule has 0 aliphatic carbocycles. The number of nitrogens with zero attached hydrogens (tertiary/aromatic N) is 1. The van der Waals surface area contributed by atoms with Crippen molar-refractivity contribution >= 4 is 45.0 Å². The van der Waals surface area contributed by atoms with E-state index in [1.54, 1.807) is 25.2 Å². The number of hydrogen-bond acceptors (Lipinski definition) is 3. The van der Waals surface area contributed by atoms with Gasteiger partial charge < -0.3 is 10.4 Å². The first-order valence-electron chi connectivity index (χ1n) is 6.07. The molecule has 0 unspecified atom stereocenters. The SMILES string of the molecule is CN(C(=O)NCc1ccc(Br)s1)c1ccccc1C(=O)O. The molecular weight excluding hydrogens is 356 g/mol. The minimum Gasteiger partial charge on any atom is -0.478 e. The highest BCUT2D eigenvalue weighted by atomic mass is 79.9. The van der Waals surface area contributed by atoms with Gasteiger partial charge in [-0.25, -0.2) is 9.59 Å². The second-order valence-corrected chi connectivity index (χ2v) is 6.79. The molecule has 0 bridgehead atoms. The lowest BCUT2D eigenvalue weighted by Crippen LogP contribution is -2.37. The van der Waals surface area contributed by atoms with E-state index < -0.39 is 5.97 Å². The monoisotopic (exact) mass is 368 g/mol. The number of urea groups is 1. The number of benzene rings is 1. The molecule has 2 aromatic rings. The quantitative estimate of drug-likeness (QED) is 0.866. The summed E-state index contributed by atoms with van der Waals surface area (Å²) >= 11 is 4.90. The van der Waals surface area contributed by atoms with Crippen LogP contribution in [-0.2, 0) is 6.54 Å². The Morgan fingerprint density at radius 3 is 2.62 bits per heavy atom. The van der Waals surface area contributed by atoms with Crippen molar-refractivity contribution in [2.24, 2.45) is 0 Å². The zero-order valence-electron chi connectivity index (χ0n) is 11.2. The molecule has 0 saturated carbocycles. The first kappa shape index (κ1) is 15.5. The van der Waals surface area contributed by atoms with Gasteiger partial charge in [-0.1, -0.05) is 12.1 Å². The molecule has 0 atom stereocenters. The molecule has 2 rings (SSSR count). The third-order valence-corrected chi connectivity index (χ3v) is 4.47. The third kappa shape index (κ3) is 3.83. The fourth-order valence-electron chi connectivity index (χ4n) is 1.78. The molecule has 1 aromatic heterocycles. The van der Waals surface area contributed by atoms with Gasteiger partial charge in [-0.3, -0.25) is 4.90 Å². The highest BCUT2D eigenvalue weighted by molar-refractivity contribution is 9.11. The van der Waals surface area contributed by atoms with Gasteiger partial charge in [0.1, 0.15) is 0 Å². The van der Waals surface area contributed by atoms with Crippen LogP contribution < -0.4 is 10.2 Å². The number of aromatic carboxylic acids is 1. The molecule has 0 spiro atoms. The van der Waals surface area contributed by atoms with Crippen LogP contribution >= 0.6 is 27.3 Å². The summed E-state index contributed by atoms with van der Waals surface area (Å²) < 4.78 is 0.997. The Hall–Kier alpha value is -1.86. The molecule has 2 N–H and O–H groups in total. The van der Waals surface area contributed by atoms with Gasteiger partial charge in [-0.15, -0.1) is 11.3 Å². The van der Waals surface area contributed by atoms with Gasteiger partial charge in [0.15, 0.2) is 0 Å². The van der Waals surface area contributed by atoms with Crippen molar-refractivity contribution in [1.29, 1.82) is 0 Å². The van der Waals surface area contributed by atoms with Crippen LogP contribution in [0.4, 0.5) is 10.5 Å². The van der Waals surface area contributed by atoms with E-state index in [-0.39, 0.29) is 11.6 Å². The van der Waals surface area contributed by atoms with Gasteiger partial charge in [0, 0.05) is 11.9 Å². The summed E-state index contributed by atoms with van der Waals surface area (Å²) in [6.07, 6.45) is 0. The summed E-state index contributed by atoms with van der Waals surface area (Å²) in [5, 5.41) is 11.9. The number of para-hydroxylation sites is 1. The van der Waals surface area contributed by atoms with Crippen molar-refractivity contribution in [3.8, 4) is 0 Å². The Labute approximate surface area is 134 Å². The lowest BCUT2D eigenvalue weighted by molar-refractivity contribution is 0.0697. The standard InChI is InChI=1S/C14H13BrN2O3S/c1-17(11-5-3-2-4-10(11)13(18)19)14(20)16-8-9-6-7-12(15)21-9/h2-7H,8H2,1H3,(H,16,20)(H,18,19). The molecule has 110 valence electrons. The number of carboxylic acids is 1. The van der Waals surface area contributed by atoms with E-state index in [0.29, 0.717) is 12.2 Å². The van der Waals surface area contributed by atoms with E-state index in [4.69, 9.17) is 5.11 Å². The molecule has 21 heavy (non-hydrogen) atoms. The maximum absolute atomic E-state index is 12.1. The van der Waals surface area contributed by atoms with Crippen LogP contribution in [0.15, 0.2) is 40.2 Å². The molecule has 0 aliphatic rings. The van der Waals surface area contributed by atoms with E-state index in [1.807, 2.05) is 12.1 Å². The normalized spacial score (nSPS) is 10.2. The van der Waals surface area contributed by atoms with Crippen LogP contribution in [0.3, 0.4) is 0 Å². The van der Waals surface area contributed by atoms with Crippen LogP contribution in [0.1, 0.15) is 15.2 Å². The highest BCUT2D eigenvalue weighted by Gasteiger charge is 2.17. The molecule has 1 aromatic carbocycles. The smallest absolute Gasteiger partial charge is 0.337 e. The Bertz CT molecular complexity index is 672. The van der Waals surface area contributed by atoms with Crippen LogP contribution in [-0.4, -0.2) is 24.2 Å². The maximum Gasteiger partial charge on any atom is 0.337 e. The number of carbonyl (C=O) groups is 2. The fourth-order valence-corrected chi connectivity index (χ4v) is 3.21. The van der Waals surface area contributed by atoms with Crippen molar-refractivity contribution in [3.63, 3.8) is 0 Å². The largest absolute Gasteiger partial charge is 0.478 e. The average Bonchev–Trinajstić information content (AvgIpc) is 2.89. The molecule has 0 fully saturated rings. The molecule has 0 radical (unpaired) electrons. The first-order valence-corrected chi connectivity index (χ1v) is 7.68. The summed E-state index contributed by atoms with van der Waals surface area (Å²) in [5.41, 5.74) is 0.448. The number of hydrogen-bond donors (Lipinski definition) is 2. The van der Waals surface area contributed by atoms with E-state index in [2.05, 4.69) is 21.2 Å². The number of carbonyl (C=O) groups excluding carboxylic acids is 1. The molecule has 2 amide bonds. The molecule has 7 heteroatoms. The summed E-state index contributed by atoms with van der Waals surface area (Å²) in [5.74, 6) is -1.06. The number of anilines is 1. The first-order chi connectivity index (χ1) is 9.99. The van der Waals surface area contributed by atoms with E-state index >= 15 is 0 Å². The lowest BCUT2D eigenvalue weighted by Gasteiger charge is -2.19. The van der Waals surface area contributed by atoms with Crippen LogP contribution in [0.5, 0.6) is 0 Å². The van der Waals surface area contributed by atoms with Crippen LogP contribution in [0.2, 0.25) is 0 Å².